The van der Waals surface area contributed by atoms with Gasteiger partial charge in [0.1, 0.15) is 5.82 Å². The highest BCUT2D eigenvalue weighted by Gasteiger charge is 2.26. The topological polar surface area (TPSA) is 50.8 Å². The van der Waals surface area contributed by atoms with E-state index < -0.39 is 5.82 Å². The second-order valence-electron chi connectivity index (χ2n) is 4.75. The molecule has 6 heteroatoms. The van der Waals surface area contributed by atoms with Crippen LogP contribution in [0.1, 0.15) is 16.8 Å². The third-order valence-corrected chi connectivity index (χ3v) is 3.61. The van der Waals surface area contributed by atoms with E-state index in [-0.39, 0.29) is 23.3 Å². The number of benzene rings is 1. The van der Waals surface area contributed by atoms with Crippen molar-refractivity contribution in [1.82, 2.24) is 10.2 Å². The largest absolute Gasteiger partial charge is 0.493 e. The molecule has 1 aliphatic heterocycles. The second kappa shape index (κ2) is 6.09. The predicted octanol–water partition coefficient (Wildman–Crippen LogP) is 1.28. The Morgan fingerprint density at radius 3 is 2.55 bits per heavy atom. The molecule has 1 saturated heterocycles. The molecule has 1 heterocycles. The number of amides is 1. The maximum Gasteiger partial charge on any atom is 0.257 e. The number of nitrogens with one attached hydrogen (secondary N) is 1. The summed E-state index contributed by atoms with van der Waals surface area (Å²) in [5.41, 5.74) is -0.00273. The summed E-state index contributed by atoms with van der Waals surface area (Å²) in [5.74, 6) is -0.343. The molecule has 0 bridgehead atoms. The summed E-state index contributed by atoms with van der Waals surface area (Å²) in [6.07, 6.45) is 0.872. The first kappa shape index (κ1) is 14.6. The number of likely N-dealkylation sites (N-methyl/N-ethyl adjacent to an activating group) is 1. The molecule has 1 aromatic carbocycles. The number of carbonyl (C=O) groups is 1. The Morgan fingerprint density at radius 1 is 1.35 bits per heavy atom. The molecule has 0 radical (unpaired) electrons. The third kappa shape index (κ3) is 2.70. The SMILES string of the molecule is COc1cc(F)c(C(=O)N(C)C2CCNC2)cc1OC. The highest BCUT2D eigenvalue weighted by molar-refractivity contribution is 5.95. The van der Waals surface area contributed by atoms with Crippen molar-refractivity contribution in [3.63, 3.8) is 0 Å². The van der Waals surface area contributed by atoms with Gasteiger partial charge < -0.3 is 19.7 Å². The summed E-state index contributed by atoms with van der Waals surface area (Å²) in [4.78, 5) is 14.0. The van der Waals surface area contributed by atoms with Gasteiger partial charge in [0.2, 0.25) is 0 Å². The lowest BCUT2D eigenvalue weighted by Gasteiger charge is -2.24. The minimum atomic E-state index is -0.606. The van der Waals surface area contributed by atoms with Crippen LogP contribution < -0.4 is 14.8 Å². The van der Waals surface area contributed by atoms with Gasteiger partial charge >= 0.3 is 0 Å². The van der Waals surface area contributed by atoms with Gasteiger partial charge in [-0.1, -0.05) is 0 Å². The van der Waals surface area contributed by atoms with Gasteiger partial charge in [0.25, 0.3) is 5.91 Å². The lowest BCUT2D eigenvalue weighted by molar-refractivity contribution is 0.0738. The summed E-state index contributed by atoms with van der Waals surface area (Å²) in [6, 6.07) is 2.65. The Morgan fingerprint density at radius 2 is 2.00 bits per heavy atom. The summed E-state index contributed by atoms with van der Waals surface area (Å²) in [6.45, 7) is 1.61. The Kier molecular flexibility index (Phi) is 4.44. The van der Waals surface area contributed by atoms with E-state index in [1.54, 1.807) is 11.9 Å². The van der Waals surface area contributed by atoms with E-state index in [9.17, 15) is 9.18 Å². The number of halogens is 1. The smallest absolute Gasteiger partial charge is 0.257 e. The first-order valence-electron chi connectivity index (χ1n) is 6.48. The molecule has 110 valence electrons. The quantitative estimate of drug-likeness (QED) is 0.904. The summed E-state index contributed by atoms with van der Waals surface area (Å²) < 4.78 is 24.2. The first-order valence-corrected chi connectivity index (χ1v) is 6.48. The number of nitrogens with zero attached hydrogens (tertiary/aromatic N) is 1. The van der Waals surface area contributed by atoms with E-state index in [1.165, 1.54) is 26.4 Å². The monoisotopic (exact) mass is 282 g/mol. The zero-order valence-electron chi connectivity index (χ0n) is 11.9. The zero-order valence-corrected chi connectivity index (χ0v) is 11.9. The second-order valence-corrected chi connectivity index (χ2v) is 4.75. The van der Waals surface area contributed by atoms with Crippen LogP contribution in [0.4, 0.5) is 4.39 Å². The molecule has 1 N–H and O–H groups in total. The highest BCUT2D eigenvalue weighted by atomic mass is 19.1. The van der Waals surface area contributed by atoms with Crippen LogP contribution in [0, 0.1) is 5.82 Å². The van der Waals surface area contributed by atoms with Crippen LogP contribution in [0.25, 0.3) is 0 Å². The predicted molar refractivity (Wildman–Crippen MR) is 72.9 cm³/mol. The molecule has 1 unspecified atom stereocenters. The number of methoxy groups -OCH3 is 2. The number of rotatable bonds is 4. The highest BCUT2D eigenvalue weighted by Crippen LogP contribution is 2.30. The van der Waals surface area contributed by atoms with Crippen LogP contribution in [-0.4, -0.2) is 51.2 Å². The molecule has 0 saturated carbocycles. The van der Waals surface area contributed by atoms with E-state index in [0.717, 1.165) is 19.5 Å². The Balaban J connectivity index is 2.29. The lowest BCUT2D eigenvalue weighted by atomic mass is 10.1. The number of hydrogen-bond donors (Lipinski definition) is 1. The molecule has 1 fully saturated rings. The van der Waals surface area contributed by atoms with E-state index in [0.29, 0.717) is 5.75 Å². The normalized spacial score (nSPS) is 17.9. The van der Waals surface area contributed by atoms with Gasteiger partial charge in [-0.3, -0.25) is 4.79 Å². The van der Waals surface area contributed by atoms with Crippen LogP contribution in [0.5, 0.6) is 11.5 Å². The molecule has 1 amide bonds. The fourth-order valence-corrected chi connectivity index (χ4v) is 2.34. The fraction of sp³-hybridized carbons (Fsp3) is 0.500. The molecular weight excluding hydrogens is 263 g/mol. The lowest BCUT2D eigenvalue weighted by Crippen LogP contribution is -2.38. The molecule has 20 heavy (non-hydrogen) atoms. The van der Waals surface area contributed by atoms with Crippen molar-refractivity contribution in [2.24, 2.45) is 0 Å². The van der Waals surface area contributed by atoms with Gasteiger partial charge in [-0.25, -0.2) is 4.39 Å². The third-order valence-electron chi connectivity index (χ3n) is 3.61. The van der Waals surface area contributed by atoms with Gasteiger partial charge in [-0.05, 0) is 19.0 Å². The van der Waals surface area contributed by atoms with Crippen LogP contribution in [0.2, 0.25) is 0 Å². The molecule has 1 atom stereocenters. The number of ether oxygens (including phenoxy) is 2. The molecule has 0 aromatic heterocycles. The average molecular weight is 282 g/mol. The van der Waals surface area contributed by atoms with Gasteiger partial charge in [0, 0.05) is 25.7 Å². The van der Waals surface area contributed by atoms with E-state index in [1.807, 2.05) is 0 Å². The molecular formula is C14H19FN2O3. The Bertz CT molecular complexity index is 501. The molecule has 1 aromatic rings. The van der Waals surface area contributed by atoms with E-state index in [4.69, 9.17) is 9.47 Å². The van der Waals surface area contributed by atoms with Crippen LogP contribution in [0.15, 0.2) is 12.1 Å². The summed E-state index contributed by atoms with van der Waals surface area (Å²) in [5, 5.41) is 3.18. The van der Waals surface area contributed by atoms with Crippen molar-refractivity contribution in [2.75, 3.05) is 34.4 Å². The molecule has 0 aliphatic carbocycles. The van der Waals surface area contributed by atoms with Gasteiger partial charge in [0.15, 0.2) is 11.5 Å². The van der Waals surface area contributed by atoms with Gasteiger partial charge in [-0.2, -0.15) is 0 Å². The van der Waals surface area contributed by atoms with Crippen molar-refractivity contribution in [2.45, 2.75) is 12.5 Å². The number of carbonyl (C=O) groups excluding carboxylic acids is 1. The van der Waals surface area contributed by atoms with Gasteiger partial charge in [0.05, 0.1) is 19.8 Å². The van der Waals surface area contributed by atoms with Gasteiger partial charge in [-0.15, -0.1) is 0 Å². The van der Waals surface area contributed by atoms with Crippen molar-refractivity contribution in [3.8, 4) is 11.5 Å². The van der Waals surface area contributed by atoms with E-state index in [2.05, 4.69) is 5.32 Å². The molecule has 5 nitrogen and oxygen atoms in total. The van der Waals surface area contributed by atoms with Crippen LogP contribution in [0.3, 0.4) is 0 Å². The minimum absolute atomic E-state index is 0.00273. The maximum atomic E-state index is 14.1. The maximum absolute atomic E-state index is 14.1. The summed E-state index contributed by atoms with van der Waals surface area (Å²) >= 11 is 0. The zero-order chi connectivity index (χ0) is 14.7. The summed E-state index contributed by atoms with van der Waals surface area (Å²) in [7, 11) is 4.57. The minimum Gasteiger partial charge on any atom is -0.493 e. The Hall–Kier alpha value is -1.82. The van der Waals surface area contributed by atoms with Crippen LogP contribution >= 0.6 is 0 Å². The standard InChI is InChI=1S/C14H19FN2O3/c1-17(9-4-5-16-8-9)14(18)10-6-12(19-2)13(20-3)7-11(10)15/h6-7,9,16H,4-5,8H2,1-3H3. The van der Waals surface area contributed by atoms with E-state index >= 15 is 0 Å². The first-order chi connectivity index (χ1) is 9.58. The van der Waals surface area contributed by atoms with Crippen molar-refractivity contribution in [3.05, 3.63) is 23.5 Å². The molecule has 0 spiro atoms. The Labute approximate surface area is 117 Å². The van der Waals surface area contributed by atoms with Crippen LogP contribution in [-0.2, 0) is 0 Å². The molecule has 1 aliphatic rings. The van der Waals surface area contributed by atoms with Crippen molar-refractivity contribution in [1.29, 1.82) is 0 Å². The van der Waals surface area contributed by atoms with Crippen molar-refractivity contribution >= 4 is 5.91 Å². The van der Waals surface area contributed by atoms with Crippen molar-refractivity contribution < 1.29 is 18.7 Å². The number of hydrogen-bond acceptors (Lipinski definition) is 4. The fourth-order valence-electron chi connectivity index (χ4n) is 2.34. The average Bonchev–Trinajstić information content (AvgIpc) is 2.99. The molecule has 2 rings (SSSR count).